The summed E-state index contributed by atoms with van der Waals surface area (Å²) in [5, 5.41) is 3.22. The van der Waals surface area contributed by atoms with Crippen LogP contribution in [0.4, 0.5) is 0 Å². The number of hydrogen-bond acceptors (Lipinski definition) is 4. The summed E-state index contributed by atoms with van der Waals surface area (Å²) in [5.74, 6) is 0.806. The van der Waals surface area contributed by atoms with Crippen LogP contribution in [0.15, 0.2) is 10.7 Å². The Balaban J connectivity index is 1.83. The lowest BCUT2D eigenvalue weighted by atomic mass is 9.86. The lowest BCUT2D eigenvalue weighted by Crippen LogP contribution is -2.25. The summed E-state index contributed by atoms with van der Waals surface area (Å²) in [6.45, 7) is 6.01. The average Bonchev–Trinajstić information content (AvgIpc) is 2.84. The van der Waals surface area contributed by atoms with Crippen molar-refractivity contribution < 1.29 is 9.15 Å². The molecule has 0 aromatic carbocycles. The normalized spacial score (nSPS) is 24.1. The number of nitrogens with zero attached hydrogens (tertiary/aromatic N) is 1. The second-order valence-corrected chi connectivity index (χ2v) is 5.07. The predicted molar refractivity (Wildman–Crippen MR) is 70.5 cm³/mol. The summed E-state index contributed by atoms with van der Waals surface area (Å²) in [5.41, 5.74) is 0.912. The summed E-state index contributed by atoms with van der Waals surface area (Å²) in [6.07, 6.45) is 8.51. The molecule has 1 N–H and O–H groups in total. The minimum absolute atomic E-state index is 0.286. The molecule has 0 bridgehead atoms. The zero-order valence-electron chi connectivity index (χ0n) is 11.4. The maximum Gasteiger partial charge on any atom is 0.394 e. The van der Waals surface area contributed by atoms with Gasteiger partial charge in [-0.1, -0.05) is 26.7 Å². The summed E-state index contributed by atoms with van der Waals surface area (Å²) in [4.78, 5) is 4.34. The number of rotatable bonds is 6. The van der Waals surface area contributed by atoms with E-state index in [1.807, 2.05) is 0 Å². The molecule has 0 spiro atoms. The van der Waals surface area contributed by atoms with Crippen LogP contribution >= 0.6 is 0 Å². The van der Waals surface area contributed by atoms with Gasteiger partial charge in [0.05, 0.1) is 5.69 Å². The van der Waals surface area contributed by atoms with E-state index < -0.39 is 0 Å². The summed E-state index contributed by atoms with van der Waals surface area (Å²) >= 11 is 0. The van der Waals surface area contributed by atoms with Gasteiger partial charge in [0.1, 0.15) is 12.4 Å². The first-order chi connectivity index (χ1) is 8.81. The molecular formula is C14H24N2O2. The molecule has 0 saturated heterocycles. The number of ether oxygens (including phenoxy) is 1. The summed E-state index contributed by atoms with van der Waals surface area (Å²) < 4.78 is 11.2. The molecule has 2 unspecified atom stereocenters. The summed E-state index contributed by atoms with van der Waals surface area (Å²) in [6, 6.07) is 0. The summed E-state index contributed by atoms with van der Waals surface area (Å²) in [7, 11) is 0. The number of aromatic nitrogens is 1. The Morgan fingerprint density at radius 1 is 1.44 bits per heavy atom. The monoisotopic (exact) mass is 252 g/mol. The van der Waals surface area contributed by atoms with Crippen molar-refractivity contribution in [3.05, 3.63) is 12.0 Å². The Hall–Kier alpha value is -1.03. The molecule has 1 aliphatic carbocycles. The molecule has 1 fully saturated rings. The molecule has 2 rings (SSSR count). The molecule has 4 nitrogen and oxygen atoms in total. The van der Waals surface area contributed by atoms with Crippen LogP contribution in [0.3, 0.4) is 0 Å². The molecule has 1 aliphatic rings. The molecule has 1 aromatic rings. The number of nitrogens with one attached hydrogen (secondary N) is 1. The highest BCUT2D eigenvalue weighted by atomic mass is 16.6. The predicted octanol–water partition coefficient (Wildman–Crippen LogP) is 3.13. The van der Waals surface area contributed by atoms with E-state index in [0.717, 1.165) is 37.5 Å². The van der Waals surface area contributed by atoms with Gasteiger partial charge in [0.25, 0.3) is 0 Å². The van der Waals surface area contributed by atoms with Crippen LogP contribution in [0.1, 0.15) is 51.6 Å². The largest absolute Gasteiger partial charge is 0.447 e. The second kappa shape index (κ2) is 6.78. The fourth-order valence-electron chi connectivity index (χ4n) is 2.54. The van der Waals surface area contributed by atoms with E-state index in [1.54, 1.807) is 6.26 Å². The van der Waals surface area contributed by atoms with Crippen molar-refractivity contribution in [1.82, 2.24) is 10.3 Å². The second-order valence-electron chi connectivity index (χ2n) is 5.07. The average molecular weight is 252 g/mol. The number of hydrogen-bond donors (Lipinski definition) is 1. The highest BCUT2D eigenvalue weighted by Gasteiger charge is 2.23. The minimum atomic E-state index is 0.286. The fourth-order valence-corrected chi connectivity index (χ4v) is 2.54. The van der Waals surface area contributed by atoms with Crippen LogP contribution in [0.5, 0.6) is 6.08 Å². The van der Waals surface area contributed by atoms with E-state index in [1.165, 1.54) is 19.3 Å². The Bertz CT molecular complexity index is 351. The first kappa shape index (κ1) is 13.4. The zero-order valence-corrected chi connectivity index (χ0v) is 11.4. The van der Waals surface area contributed by atoms with Gasteiger partial charge >= 0.3 is 6.08 Å². The van der Waals surface area contributed by atoms with E-state index in [4.69, 9.17) is 9.15 Å². The van der Waals surface area contributed by atoms with Gasteiger partial charge in [-0.05, 0) is 31.7 Å². The molecule has 1 saturated carbocycles. The first-order valence-corrected chi connectivity index (χ1v) is 7.13. The standard InChI is InChI=1S/C14H24N2O2/c1-3-11-6-5-7-13(8-11)18-14-16-12(10-17-14)9-15-4-2/h10-11,13,15H,3-9H2,1-2H3. The van der Waals surface area contributed by atoms with Crippen LogP contribution in [-0.2, 0) is 6.54 Å². The smallest absolute Gasteiger partial charge is 0.394 e. The Kier molecular flexibility index (Phi) is 5.05. The fraction of sp³-hybridized carbons (Fsp3) is 0.786. The van der Waals surface area contributed by atoms with E-state index in [-0.39, 0.29) is 6.10 Å². The van der Waals surface area contributed by atoms with Crippen molar-refractivity contribution in [3.8, 4) is 6.08 Å². The van der Waals surface area contributed by atoms with Gasteiger partial charge in [-0.15, -0.1) is 0 Å². The van der Waals surface area contributed by atoms with Crippen LogP contribution < -0.4 is 10.1 Å². The molecule has 18 heavy (non-hydrogen) atoms. The molecule has 1 heterocycles. The van der Waals surface area contributed by atoms with Crippen molar-refractivity contribution in [2.75, 3.05) is 6.54 Å². The van der Waals surface area contributed by atoms with E-state index in [2.05, 4.69) is 24.1 Å². The Labute approximate surface area is 109 Å². The van der Waals surface area contributed by atoms with Gasteiger partial charge in [-0.2, -0.15) is 4.98 Å². The van der Waals surface area contributed by atoms with Gasteiger partial charge < -0.3 is 14.5 Å². The molecule has 1 aromatic heterocycles. The zero-order chi connectivity index (χ0) is 12.8. The minimum Gasteiger partial charge on any atom is -0.447 e. The Morgan fingerprint density at radius 2 is 2.33 bits per heavy atom. The third-order valence-electron chi connectivity index (χ3n) is 3.67. The first-order valence-electron chi connectivity index (χ1n) is 7.13. The van der Waals surface area contributed by atoms with Crippen molar-refractivity contribution in [2.24, 2.45) is 5.92 Å². The molecule has 0 amide bonds. The molecule has 102 valence electrons. The lowest BCUT2D eigenvalue weighted by molar-refractivity contribution is 0.0887. The van der Waals surface area contributed by atoms with Crippen LogP contribution in [-0.4, -0.2) is 17.6 Å². The van der Waals surface area contributed by atoms with Crippen molar-refractivity contribution >= 4 is 0 Å². The highest BCUT2D eigenvalue weighted by Crippen LogP contribution is 2.29. The van der Waals surface area contributed by atoms with Crippen LogP contribution in [0, 0.1) is 5.92 Å². The van der Waals surface area contributed by atoms with Gasteiger partial charge in [-0.25, -0.2) is 0 Å². The molecule has 4 heteroatoms. The van der Waals surface area contributed by atoms with Gasteiger partial charge in [-0.3, -0.25) is 0 Å². The molecule has 0 aliphatic heterocycles. The van der Waals surface area contributed by atoms with Crippen molar-refractivity contribution in [2.45, 2.75) is 58.6 Å². The van der Waals surface area contributed by atoms with Crippen LogP contribution in [0.25, 0.3) is 0 Å². The molecule has 0 radical (unpaired) electrons. The van der Waals surface area contributed by atoms with Gasteiger partial charge in [0.2, 0.25) is 0 Å². The third kappa shape index (κ3) is 3.73. The van der Waals surface area contributed by atoms with Crippen LogP contribution in [0.2, 0.25) is 0 Å². The number of oxazole rings is 1. The highest BCUT2D eigenvalue weighted by molar-refractivity contribution is 5.00. The molecular weight excluding hydrogens is 228 g/mol. The topological polar surface area (TPSA) is 47.3 Å². The van der Waals surface area contributed by atoms with E-state index in [0.29, 0.717) is 6.08 Å². The van der Waals surface area contributed by atoms with E-state index >= 15 is 0 Å². The van der Waals surface area contributed by atoms with Gasteiger partial charge in [0, 0.05) is 6.54 Å². The van der Waals surface area contributed by atoms with Gasteiger partial charge in [0.15, 0.2) is 0 Å². The SMILES string of the molecule is CCNCc1coc(OC2CCCC(CC)C2)n1. The molecule has 2 atom stereocenters. The quantitative estimate of drug-likeness (QED) is 0.845. The van der Waals surface area contributed by atoms with Crippen molar-refractivity contribution in [1.29, 1.82) is 0 Å². The maximum atomic E-state index is 5.84. The maximum absolute atomic E-state index is 5.84. The lowest BCUT2D eigenvalue weighted by Gasteiger charge is -2.27. The van der Waals surface area contributed by atoms with Crippen molar-refractivity contribution in [3.63, 3.8) is 0 Å². The third-order valence-corrected chi connectivity index (χ3v) is 3.67. The van der Waals surface area contributed by atoms with E-state index in [9.17, 15) is 0 Å². The Morgan fingerprint density at radius 3 is 3.11 bits per heavy atom.